The Morgan fingerprint density at radius 1 is 0.733 bits per heavy atom. The smallest absolute Gasteiger partial charge is 0.189 e. The van der Waals surface area contributed by atoms with Crippen LogP contribution in [0.5, 0.6) is 0 Å². The summed E-state index contributed by atoms with van der Waals surface area (Å²) >= 11 is 0. The lowest BCUT2D eigenvalue weighted by molar-refractivity contribution is 0.375. The van der Waals surface area contributed by atoms with E-state index in [4.69, 9.17) is 0 Å². The highest BCUT2D eigenvalue weighted by Crippen LogP contribution is 2.10. The standard InChI is InChI=1S/C12H30N2Si/c1-6-11-12-15(13(7-2)8-3)14(9-4)10-5/h15H,6-12H2,1-5H3. The molecule has 0 atom stereocenters. The van der Waals surface area contributed by atoms with E-state index in [0.29, 0.717) is 0 Å². The van der Waals surface area contributed by atoms with Crippen LogP contribution in [0, 0.1) is 0 Å². The maximum absolute atomic E-state index is 2.72. The van der Waals surface area contributed by atoms with Crippen molar-refractivity contribution in [2.45, 2.75) is 53.5 Å². The fourth-order valence-corrected chi connectivity index (χ4v) is 5.92. The molecule has 0 radical (unpaired) electrons. The van der Waals surface area contributed by atoms with E-state index in [1.807, 2.05) is 0 Å². The molecule has 0 aromatic carbocycles. The summed E-state index contributed by atoms with van der Waals surface area (Å²) in [6.45, 7) is 16.4. The Morgan fingerprint density at radius 3 is 1.40 bits per heavy atom. The topological polar surface area (TPSA) is 6.48 Å². The van der Waals surface area contributed by atoms with Gasteiger partial charge in [-0.25, -0.2) is 0 Å². The van der Waals surface area contributed by atoms with Crippen LogP contribution in [-0.2, 0) is 0 Å². The normalized spacial score (nSPS) is 12.0. The fraction of sp³-hybridized carbons (Fsp3) is 1.00. The van der Waals surface area contributed by atoms with E-state index in [9.17, 15) is 0 Å². The lowest BCUT2D eigenvalue weighted by Gasteiger charge is -2.36. The molecular weight excluding hydrogens is 200 g/mol. The van der Waals surface area contributed by atoms with E-state index >= 15 is 0 Å². The minimum atomic E-state index is -0.815. The highest BCUT2D eigenvalue weighted by Gasteiger charge is 2.22. The number of unbranched alkanes of at least 4 members (excludes halogenated alkanes) is 1. The van der Waals surface area contributed by atoms with Crippen LogP contribution in [0.2, 0.25) is 6.04 Å². The van der Waals surface area contributed by atoms with Gasteiger partial charge in [0.2, 0.25) is 0 Å². The van der Waals surface area contributed by atoms with E-state index in [2.05, 4.69) is 43.7 Å². The SMILES string of the molecule is CCCC[SiH](N(CC)CC)N(CC)CC. The Morgan fingerprint density at radius 2 is 1.13 bits per heavy atom. The van der Waals surface area contributed by atoms with Crippen LogP contribution in [0.1, 0.15) is 47.5 Å². The minimum absolute atomic E-state index is 0.815. The number of rotatable bonds is 9. The molecule has 0 aliphatic rings. The molecule has 0 saturated carbocycles. The van der Waals surface area contributed by atoms with Crippen LogP contribution in [0.4, 0.5) is 0 Å². The molecule has 0 fully saturated rings. The van der Waals surface area contributed by atoms with Crippen molar-refractivity contribution in [2.24, 2.45) is 0 Å². The first-order valence-corrected chi connectivity index (χ1v) is 8.57. The summed E-state index contributed by atoms with van der Waals surface area (Å²) < 4.78 is 5.45. The first-order valence-electron chi connectivity index (χ1n) is 6.73. The Balaban J connectivity index is 4.38. The van der Waals surface area contributed by atoms with Gasteiger partial charge in [0.1, 0.15) is 0 Å². The zero-order valence-electron chi connectivity index (χ0n) is 11.4. The predicted molar refractivity (Wildman–Crippen MR) is 72.7 cm³/mol. The third-order valence-corrected chi connectivity index (χ3v) is 7.35. The minimum Gasteiger partial charge on any atom is -0.315 e. The van der Waals surface area contributed by atoms with Crippen LogP contribution >= 0.6 is 0 Å². The van der Waals surface area contributed by atoms with Gasteiger partial charge in [0.25, 0.3) is 0 Å². The lowest BCUT2D eigenvalue weighted by Crippen LogP contribution is -2.52. The maximum atomic E-state index is 2.72. The number of hydrogen-bond donors (Lipinski definition) is 0. The molecule has 0 N–H and O–H groups in total. The Labute approximate surface area is 98.4 Å². The van der Waals surface area contributed by atoms with Gasteiger partial charge in [0.05, 0.1) is 0 Å². The predicted octanol–water partition coefficient (Wildman–Crippen LogP) is 2.69. The average molecular weight is 230 g/mol. The van der Waals surface area contributed by atoms with Crippen molar-refractivity contribution in [3.63, 3.8) is 0 Å². The molecule has 0 aromatic heterocycles. The molecule has 0 heterocycles. The van der Waals surface area contributed by atoms with Crippen LogP contribution in [0.3, 0.4) is 0 Å². The summed E-state index contributed by atoms with van der Waals surface area (Å²) in [7, 11) is -0.815. The molecule has 0 bridgehead atoms. The molecule has 0 unspecified atom stereocenters. The summed E-state index contributed by atoms with van der Waals surface area (Å²) in [6.07, 6.45) is 2.75. The quantitative estimate of drug-likeness (QED) is 0.562. The van der Waals surface area contributed by atoms with Gasteiger partial charge in [-0.15, -0.1) is 0 Å². The molecule has 92 valence electrons. The third-order valence-electron chi connectivity index (χ3n) is 3.28. The van der Waals surface area contributed by atoms with Gasteiger partial charge < -0.3 is 9.13 Å². The summed E-state index contributed by atoms with van der Waals surface area (Å²) in [6, 6.07) is 1.46. The van der Waals surface area contributed by atoms with E-state index in [-0.39, 0.29) is 0 Å². The van der Waals surface area contributed by atoms with Crippen molar-refractivity contribution in [3.8, 4) is 0 Å². The van der Waals surface area contributed by atoms with Gasteiger partial charge in [-0.3, -0.25) is 0 Å². The molecule has 2 nitrogen and oxygen atoms in total. The van der Waals surface area contributed by atoms with Gasteiger partial charge in [0.15, 0.2) is 9.12 Å². The maximum Gasteiger partial charge on any atom is 0.189 e. The molecule has 0 rings (SSSR count). The van der Waals surface area contributed by atoms with E-state index in [0.717, 1.165) is 0 Å². The molecule has 3 heteroatoms. The van der Waals surface area contributed by atoms with Gasteiger partial charge >= 0.3 is 0 Å². The molecule has 0 amide bonds. The van der Waals surface area contributed by atoms with Crippen LogP contribution in [-0.4, -0.2) is 44.4 Å². The molecule has 0 aliphatic heterocycles. The summed E-state index contributed by atoms with van der Waals surface area (Å²) in [5.41, 5.74) is 0. The van der Waals surface area contributed by atoms with Crippen molar-refractivity contribution >= 4 is 9.12 Å². The van der Waals surface area contributed by atoms with Crippen molar-refractivity contribution in [1.82, 2.24) is 9.13 Å². The summed E-state index contributed by atoms with van der Waals surface area (Å²) in [4.78, 5) is 0. The van der Waals surface area contributed by atoms with E-state index in [1.165, 1.54) is 45.1 Å². The Hall–Kier alpha value is 0.137. The number of nitrogens with zero attached hydrogens (tertiary/aromatic N) is 2. The van der Waals surface area contributed by atoms with Crippen LogP contribution in [0.25, 0.3) is 0 Å². The highest BCUT2D eigenvalue weighted by molar-refractivity contribution is 6.52. The van der Waals surface area contributed by atoms with Gasteiger partial charge in [-0.1, -0.05) is 47.5 Å². The van der Waals surface area contributed by atoms with Crippen LogP contribution < -0.4 is 0 Å². The van der Waals surface area contributed by atoms with Gasteiger partial charge in [-0.2, -0.15) is 0 Å². The summed E-state index contributed by atoms with van der Waals surface area (Å²) in [5, 5.41) is 0. The van der Waals surface area contributed by atoms with Gasteiger partial charge in [-0.05, 0) is 32.2 Å². The Kier molecular flexibility index (Phi) is 9.45. The molecule has 0 aliphatic carbocycles. The lowest BCUT2D eigenvalue weighted by atomic mass is 10.4. The van der Waals surface area contributed by atoms with Gasteiger partial charge in [0, 0.05) is 0 Å². The zero-order chi connectivity index (χ0) is 11.7. The second-order valence-electron chi connectivity index (χ2n) is 4.07. The van der Waals surface area contributed by atoms with E-state index < -0.39 is 9.12 Å². The Bertz CT molecular complexity index is 122. The fourth-order valence-electron chi connectivity index (χ4n) is 2.27. The molecule has 0 aromatic rings. The molecule has 15 heavy (non-hydrogen) atoms. The average Bonchev–Trinajstić information content (AvgIpc) is 2.28. The van der Waals surface area contributed by atoms with E-state index in [1.54, 1.807) is 0 Å². The first-order chi connectivity index (χ1) is 7.24. The second-order valence-corrected chi connectivity index (χ2v) is 7.06. The largest absolute Gasteiger partial charge is 0.315 e. The van der Waals surface area contributed by atoms with Crippen molar-refractivity contribution in [2.75, 3.05) is 26.2 Å². The van der Waals surface area contributed by atoms with Crippen molar-refractivity contribution in [1.29, 1.82) is 0 Å². The third kappa shape index (κ3) is 5.14. The van der Waals surface area contributed by atoms with Crippen molar-refractivity contribution < 1.29 is 0 Å². The number of hydrogen-bond acceptors (Lipinski definition) is 2. The second kappa shape index (κ2) is 9.37. The summed E-state index contributed by atoms with van der Waals surface area (Å²) in [5.74, 6) is 0. The highest BCUT2D eigenvalue weighted by atomic mass is 28.3. The molecular formula is C12H30N2Si. The molecule has 0 spiro atoms. The molecule has 0 saturated heterocycles. The monoisotopic (exact) mass is 230 g/mol. The van der Waals surface area contributed by atoms with Crippen LogP contribution in [0.15, 0.2) is 0 Å². The first kappa shape index (κ1) is 15.1. The van der Waals surface area contributed by atoms with Crippen molar-refractivity contribution in [3.05, 3.63) is 0 Å². The zero-order valence-corrected chi connectivity index (χ0v) is 12.6.